The summed E-state index contributed by atoms with van der Waals surface area (Å²) < 4.78 is 2.78. The van der Waals surface area contributed by atoms with Gasteiger partial charge in [-0.3, -0.25) is 4.57 Å². The molecule has 0 bridgehead atoms. The summed E-state index contributed by atoms with van der Waals surface area (Å²) >= 11 is 5.13. The molecule has 0 radical (unpaired) electrons. The molecule has 0 fully saturated rings. The molecule has 0 spiro atoms. The van der Waals surface area contributed by atoms with Crippen LogP contribution in [0.25, 0.3) is 10.2 Å². The Kier molecular flexibility index (Phi) is 3.31. The van der Waals surface area contributed by atoms with Crippen molar-refractivity contribution in [1.29, 1.82) is 0 Å². The number of fused-ring (bicyclic) bond motifs is 3. The van der Waals surface area contributed by atoms with Crippen LogP contribution in [0.4, 0.5) is 5.82 Å². The molecular weight excluding hydrogens is 362 g/mol. The van der Waals surface area contributed by atoms with Crippen molar-refractivity contribution < 1.29 is 0 Å². The first kappa shape index (κ1) is 14.0. The van der Waals surface area contributed by atoms with Crippen molar-refractivity contribution in [1.82, 2.24) is 9.55 Å². The van der Waals surface area contributed by atoms with Crippen molar-refractivity contribution in [2.75, 3.05) is 5.73 Å². The second kappa shape index (κ2) is 5.21. The molecule has 0 atom stereocenters. The van der Waals surface area contributed by atoms with Gasteiger partial charge >= 0.3 is 5.69 Å². The number of nitrogens with two attached hydrogens (primary N) is 1. The molecule has 2 N–H and O–H groups in total. The molecule has 22 heavy (non-hydrogen) atoms. The van der Waals surface area contributed by atoms with E-state index in [2.05, 4.69) is 20.9 Å². The summed E-state index contributed by atoms with van der Waals surface area (Å²) in [5, 5.41) is 0.995. The minimum absolute atomic E-state index is 0.271. The van der Waals surface area contributed by atoms with Crippen molar-refractivity contribution in [2.45, 2.75) is 25.8 Å². The molecule has 1 aromatic carbocycles. The summed E-state index contributed by atoms with van der Waals surface area (Å²) in [5.41, 5.74) is 8.14. The Morgan fingerprint density at radius 2 is 2.05 bits per heavy atom. The van der Waals surface area contributed by atoms with E-state index in [1.807, 2.05) is 24.3 Å². The van der Waals surface area contributed by atoms with Crippen LogP contribution in [-0.2, 0) is 19.4 Å². The molecule has 0 saturated carbocycles. The Morgan fingerprint density at radius 1 is 1.27 bits per heavy atom. The first-order valence-electron chi connectivity index (χ1n) is 7.18. The Morgan fingerprint density at radius 3 is 2.82 bits per heavy atom. The summed E-state index contributed by atoms with van der Waals surface area (Å²) in [5.74, 6) is 0.381. The van der Waals surface area contributed by atoms with Crippen molar-refractivity contribution in [2.24, 2.45) is 0 Å². The Labute approximate surface area is 139 Å². The normalized spacial score (nSPS) is 13.7. The van der Waals surface area contributed by atoms with Gasteiger partial charge in [-0.15, -0.1) is 11.3 Å². The lowest BCUT2D eigenvalue weighted by molar-refractivity contribution is 0.769. The predicted octanol–water partition coefficient (Wildman–Crippen LogP) is 3.34. The summed E-state index contributed by atoms with van der Waals surface area (Å²) in [4.78, 5) is 18.7. The summed E-state index contributed by atoms with van der Waals surface area (Å²) in [7, 11) is 0. The third-order valence-electron chi connectivity index (χ3n) is 4.10. The van der Waals surface area contributed by atoms with Gasteiger partial charge in [0.05, 0.1) is 11.9 Å². The molecular formula is C16H14BrN3OS. The van der Waals surface area contributed by atoms with E-state index in [-0.39, 0.29) is 5.69 Å². The van der Waals surface area contributed by atoms with Gasteiger partial charge in [-0.25, -0.2) is 4.79 Å². The predicted molar refractivity (Wildman–Crippen MR) is 93.6 cm³/mol. The molecule has 6 heteroatoms. The number of rotatable bonds is 2. The highest BCUT2D eigenvalue weighted by Gasteiger charge is 2.22. The minimum Gasteiger partial charge on any atom is -0.383 e. The fourth-order valence-corrected chi connectivity index (χ4v) is 4.72. The lowest BCUT2D eigenvalue weighted by Crippen LogP contribution is -2.24. The van der Waals surface area contributed by atoms with E-state index in [0.29, 0.717) is 12.4 Å². The van der Waals surface area contributed by atoms with E-state index in [1.165, 1.54) is 16.9 Å². The molecule has 2 aromatic heterocycles. The number of benzene rings is 1. The van der Waals surface area contributed by atoms with Crippen LogP contribution < -0.4 is 11.4 Å². The van der Waals surface area contributed by atoms with Gasteiger partial charge in [0.1, 0.15) is 10.6 Å². The van der Waals surface area contributed by atoms with E-state index < -0.39 is 0 Å². The largest absolute Gasteiger partial charge is 0.383 e. The highest BCUT2D eigenvalue weighted by atomic mass is 79.9. The zero-order valence-electron chi connectivity index (χ0n) is 11.8. The first-order chi connectivity index (χ1) is 10.6. The third kappa shape index (κ3) is 2.18. The van der Waals surface area contributed by atoms with Crippen LogP contribution in [0.5, 0.6) is 0 Å². The average molecular weight is 376 g/mol. The number of aryl methyl sites for hydroxylation is 2. The van der Waals surface area contributed by atoms with Crippen LogP contribution >= 0.6 is 27.3 Å². The van der Waals surface area contributed by atoms with Crippen LogP contribution in [-0.4, -0.2) is 9.55 Å². The van der Waals surface area contributed by atoms with E-state index in [4.69, 9.17) is 5.73 Å². The first-order valence-corrected chi connectivity index (χ1v) is 8.79. The number of aromatic nitrogens is 2. The monoisotopic (exact) mass is 375 g/mol. The van der Waals surface area contributed by atoms with E-state index in [0.717, 1.165) is 33.1 Å². The second-order valence-electron chi connectivity index (χ2n) is 5.53. The number of thiophene rings is 1. The van der Waals surface area contributed by atoms with Crippen LogP contribution in [0.3, 0.4) is 0 Å². The van der Waals surface area contributed by atoms with Gasteiger partial charge in [0, 0.05) is 9.35 Å². The number of nitrogen functional groups attached to an aromatic ring is 1. The molecule has 0 unspecified atom stereocenters. The SMILES string of the molecule is Nc1nc(=O)n(Cc2ccc(Br)cc2)c2sc3c(c12)CCC3. The van der Waals surface area contributed by atoms with Crippen LogP contribution in [0.1, 0.15) is 22.4 Å². The van der Waals surface area contributed by atoms with Crippen molar-refractivity contribution in [3.05, 3.63) is 55.2 Å². The van der Waals surface area contributed by atoms with Gasteiger partial charge < -0.3 is 5.73 Å². The Hall–Kier alpha value is -1.66. The highest BCUT2D eigenvalue weighted by molar-refractivity contribution is 9.10. The average Bonchev–Trinajstić information content (AvgIpc) is 3.05. The number of anilines is 1. The summed E-state index contributed by atoms with van der Waals surface area (Å²) in [6, 6.07) is 7.99. The molecule has 4 rings (SSSR count). The topological polar surface area (TPSA) is 60.9 Å². The zero-order chi connectivity index (χ0) is 15.3. The van der Waals surface area contributed by atoms with Gasteiger partial charge in [-0.05, 0) is 42.5 Å². The standard InChI is InChI=1S/C16H14BrN3OS/c17-10-6-4-9(5-7-10)8-20-15-13(14(18)19-16(20)21)11-2-1-3-12(11)22-15/h4-7H,1-3,8H2,(H2,18,19,21). The number of nitrogens with zero attached hydrogens (tertiary/aromatic N) is 2. The summed E-state index contributed by atoms with van der Waals surface area (Å²) in [6.07, 6.45) is 3.29. The molecule has 0 amide bonds. The number of hydrogen-bond acceptors (Lipinski definition) is 4. The number of halogens is 1. The molecule has 3 aromatic rings. The third-order valence-corrected chi connectivity index (χ3v) is 5.95. The maximum atomic E-state index is 12.3. The maximum Gasteiger partial charge on any atom is 0.350 e. The minimum atomic E-state index is -0.271. The maximum absolute atomic E-state index is 12.3. The Balaban J connectivity index is 1.90. The second-order valence-corrected chi connectivity index (χ2v) is 7.53. The fraction of sp³-hybridized carbons (Fsp3) is 0.250. The van der Waals surface area contributed by atoms with E-state index in [1.54, 1.807) is 15.9 Å². The van der Waals surface area contributed by atoms with Gasteiger partial charge in [-0.2, -0.15) is 4.98 Å². The lowest BCUT2D eigenvalue weighted by atomic mass is 10.2. The van der Waals surface area contributed by atoms with E-state index in [9.17, 15) is 4.79 Å². The lowest BCUT2D eigenvalue weighted by Gasteiger charge is -2.09. The molecule has 1 aliphatic carbocycles. The fourth-order valence-electron chi connectivity index (χ4n) is 3.06. The zero-order valence-corrected chi connectivity index (χ0v) is 14.2. The molecule has 4 nitrogen and oxygen atoms in total. The van der Waals surface area contributed by atoms with Crippen molar-refractivity contribution >= 4 is 43.3 Å². The van der Waals surface area contributed by atoms with Crippen LogP contribution in [0, 0.1) is 0 Å². The van der Waals surface area contributed by atoms with Gasteiger partial charge in [-0.1, -0.05) is 28.1 Å². The summed E-state index contributed by atoms with van der Waals surface area (Å²) in [6.45, 7) is 0.523. The molecule has 0 saturated heterocycles. The smallest absolute Gasteiger partial charge is 0.350 e. The van der Waals surface area contributed by atoms with Crippen molar-refractivity contribution in [3.8, 4) is 0 Å². The van der Waals surface area contributed by atoms with Gasteiger partial charge in [0.2, 0.25) is 0 Å². The van der Waals surface area contributed by atoms with E-state index >= 15 is 0 Å². The highest BCUT2D eigenvalue weighted by Crippen LogP contribution is 2.38. The van der Waals surface area contributed by atoms with Crippen molar-refractivity contribution in [3.63, 3.8) is 0 Å². The van der Waals surface area contributed by atoms with Gasteiger partial charge in [0.25, 0.3) is 0 Å². The Bertz CT molecular complexity index is 927. The molecule has 1 aliphatic rings. The number of hydrogen-bond donors (Lipinski definition) is 1. The van der Waals surface area contributed by atoms with Crippen LogP contribution in [0.15, 0.2) is 33.5 Å². The molecule has 0 aliphatic heterocycles. The quantitative estimate of drug-likeness (QED) is 0.746. The van der Waals surface area contributed by atoms with Gasteiger partial charge in [0.15, 0.2) is 0 Å². The molecule has 2 heterocycles. The molecule has 112 valence electrons. The van der Waals surface area contributed by atoms with Crippen LogP contribution in [0.2, 0.25) is 0 Å².